The molecule has 1 aromatic carbocycles. The molecule has 0 saturated heterocycles. The average Bonchev–Trinajstić information content (AvgIpc) is 2.44. The summed E-state index contributed by atoms with van der Waals surface area (Å²) in [4.78, 5) is 13.2. The first-order valence-electron chi connectivity index (χ1n) is 6.22. The highest BCUT2D eigenvalue weighted by molar-refractivity contribution is 6.31. The molecule has 1 aromatic rings. The molecular weight excluding hydrogens is 250 g/mol. The molecule has 1 unspecified atom stereocenters. The van der Waals surface area contributed by atoms with E-state index in [4.69, 9.17) is 16.7 Å². The van der Waals surface area contributed by atoms with Crippen molar-refractivity contribution in [2.75, 3.05) is 18.5 Å². The fourth-order valence-electron chi connectivity index (χ4n) is 2.80. The van der Waals surface area contributed by atoms with Crippen LogP contribution in [-0.4, -0.2) is 24.7 Å². The fourth-order valence-corrected chi connectivity index (χ4v) is 2.95. The Morgan fingerprint density at radius 3 is 2.94 bits per heavy atom. The molecule has 1 aliphatic rings. The quantitative estimate of drug-likeness (QED) is 0.892. The Hall–Kier alpha value is -1.22. The first kappa shape index (κ1) is 13.2. The van der Waals surface area contributed by atoms with E-state index in [2.05, 4.69) is 4.90 Å². The van der Waals surface area contributed by atoms with Gasteiger partial charge in [0.05, 0.1) is 6.42 Å². The van der Waals surface area contributed by atoms with Crippen LogP contribution in [0.4, 0.5) is 5.69 Å². The normalized spacial score (nSPS) is 19.3. The van der Waals surface area contributed by atoms with Gasteiger partial charge in [0.1, 0.15) is 0 Å². The zero-order valence-corrected chi connectivity index (χ0v) is 11.5. The Morgan fingerprint density at radius 2 is 2.28 bits per heavy atom. The molecule has 4 heteroatoms. The number of rotatable bonds is 2. The Kier molecular flexibility index (Phi) is 3.81. The molecule has 0 bridgehead atoms. The van der Waals surface area contributed by atoms with Gasteiger partial charge in [0, 0.05) is 24.3 Å². The van der Waals surface area contributed by atoms with E-state index >= 15 is 0 Å². The van der Waals surface area contributed by atoms with Crippen LogP contribution in [0.1, 0.15) is 36.3 Å². The lowest BCUT2D eigenvalue weighted by Gasteiger charge is -2.24. The molecule has 0 saturated carbocycles. The predicted molar refractivity (Wildman–Crippen MR) is 73.7 cm³/mol. The van der Waals surface area contributed by atoms with Crippen molar-refractivity contribution in [2.45, 2.75) is 32.1 Å². The summed E-state index contributed by atoms with van der Waals surface area (Å²) in [6.45, 7) is 2.95. The maximum atomic E-state index is 11.0. The number of hydrogen-bond acceptors (Lipinski definition) is 2. The highest BCUT2D eigenvalue weighted by Crippen LogP contribution is 2.40. The van der Waals surface area contributed by atoms with E-state index in [0.29, 0.717) is 0 Å². The van der Waals surface area contributed by atoms with Crippen LogP contribution >= 0.6 is 11.6 Å². The number of carboxylic acid groups (broad SMARTS) is 1. The second kappa shape index (κ2) is 5.19. The van der Waals surface area contributed by atoms with Gasteiger partial charge in [-0.05, 0) is 42.9 Å². The maximum Gasteiger partial charge on any atom is 0.303 e. The number of carboxylic acids is 1. The predicted octanol–water partition coefficient (Wildman–Crippen LogP) is 3.44. The van der Waals surface area contributed by atoms with E-state index < -0.39 is 5.97 Å². The van der Waals surface area contributed by atoms with Crippen molar-refractivity contribution in [3.05, 3.63) is 28.3 Å². The molecule has 0 spiro atoms. The largest absolute Gasteiger partial charge is 0.481 e. The van der Waals surface area contributed by atoms with Gasteiger partial charge < -0.3 is 10.0 Å². The number of anilines is 1. The van der Waals surface area contributed by atoms with Crippen molar-refractivity contribution in [3.63, 3.8) is 0 Å². The van der Waals surface area contributed by atoms with Crippen molar-refractivity contribution >= 4 is 23.3 Å². The van der Waals surface area contributed by atoms with Crippen molar-refractivity contribution in [2.24, 2.45) is 0 Å². The molecule has 0 amide bonds. The van der Waals surface area contributed by atoms with Crippen LogP contribution in [0.5, 0.6) is 0 Å². The second-order valence-corrected chi connectivity index (χ2v) is 5.38. The smallest absolute Gasteiger partial charge is 0.303 e. The Morgan fingerprint density at radius 1 is 1.56 bits per heavy atom. The number of carbonyl (C=O) groups is 1. The lowest BCUT2D eigenvalue weighted by molar-refractivity contribution is -0.137. The van der Waals surface area contributed by atoms with Crippen LogP contribution in [-0.2, 0) is 4.79 Å². The lowest BCUT2D eigenvalue weighted by atomic mass is 9.90. The van der Waals surface area contributed by atoms with Gasteiger partial charge in [0.15, 0.2) is 0 Å². The van der Waals surface area contributed by atoms with Crippen LogP contribution in [0.2, 0.25) is 5.02 Å². The average molecular weight is 268 g/mol. The third-order valence-electron chi connectivity index (χ3n) is 3.68. The minimum atomic E-state index is -0.733. The van der Waals surface area contributed by atoms with E-state index in [-0.39, 0.29) is 12.3 Å². The molecule has 0 fully saturated rings. The highest BCUT2D eigenvalue weighted by Gasteiger charge is 2.25. The van der Waals surface area contributed by atoms with Crippen LogP contribution in [0.3, 0.4) is 0 Å². The van der Waals surface area contributed by atoms with Gasteiger partial charge in [-0.15, -0.1) is 0 Å². The van der Waals surface area contributed by atoms with E-state index in [1.165, 1.54) is 0 Å². The van der Waals surface area contributed by atoms with Crippen LogP contribution in [0.15, 0.2) is 12.1 Å². The molecular formula is C14H18ClNO2. The third kappa shape index (κ3) is 2.46. The summed E-state index contributed by atoms with van der Waals surface area (Å²) >= 11 is 6.17. The van der Waals surface area contributed by atoms with Gasteiger partial charge in [-0.25, -0.2) is 0 Å². The number of halogens is 1. The van der Waals surface area contributed by atoms with E-state index in [1.807, 2.05) is 26.1 Å². The Balaban J connectivity index is 2.50. The molecule has 18 heavy (non-hydrogen) atoms. The van der Waals surface area contributed by atoms with Gasteiger partial charge in [-0.3, -0.25) is 4.79 Å². The molecule has 98 valence electrons. The summed E-state index contributed by atoms with van der Waals surface area (Å²) in [5.74, 6) is -0.637. The highest BCUT2D eigenvalue weighted by atomic mass is 35.5. The number of benzene rings is 1. The third-order valence-corrected chi connectivity index (χ3v) is 4.09. The van der Waals surface area contributed by atoms with Crippen molar-refractivity contribution in [1.29, 1.82) is 0 Å². The number of aliphatic carboxylic acids is 1. The monoisotopic (exact) mass is 267 g/mol. The van der Waals surface area contributed by atoms with E-state index in [9.17, 15) is 4.79 Å². The summed E-state index contributed by atoms with van der Waals surface area (Å²) in [5.41, 5.74) is 3.29. The maximum absolute atomic E-state index is 11.0. The van der Waals surface area contributed by atoms with Crippen LogP contribution in [0.25, 0.3) is 0 Å². The number of nitrogens with zero attached hydrogens (tertiary/aromatic N) is 1. The first-order chi connectivity index (χ1) is 8.50. The summed E-state index contributed by atoms with van der Waals surface area (Å²) < 4.78 is 0. The summed E-state index contributed by atoms with van der Waals surface area (Å²) in [5, 5.41) is 9.78. The zero-order valence-electron chi connectivity index (χ0n) is 10.7. The fraction of sp³-hybridized carbons (Fsp3) is 0.500. The van der Waals surface area contributed by atoms with E-state index in [1.54, 1.807) is 0 Å². The summed E-state index contributed by atoms with van der Waals surface area (Å²) in [6, 6.07) is 3.86. The standard InChI is InChI=1S/C14H18ClNO2/c1-9-12(15)6-5-11-10(8-13(17)18)4-3-7-16(2)14(9)11/h5-6,10H,3-4,7-8H2,1-2H3,(H,17,18). The Labute approximate surface area is 112 Å². The summed E-state index contributed by atoms with van der Waals surface area (Å²) in [7, 11) is 2.05. The van der Waals surface area contributed by atoms with Crippen molar-refractivity contribution in [3.8, 4) is 0 Å². The minimum absolute atomic E-state index is 0.0958. The molecule has 0 aromatic heterocycles. The van der Waals surface area contributed by atoms with Gasteiger partial charge in [0.2, 0.25) is 0 Å². The summed E-state index contributed by atoms with van der Waals surface area (Å²) in [6.07, 6.45) is 2.13. The minimum Gasteiger partial charge on any atom is -0.481 e. The molecule has 3 nitrogen and oxygen atoms in total. The van der Waals surface area contributed by atoms with Crippen molar-refractivity contribution < 1.29 is 9.90 Å². The number of hydrogen-bond donors (Lipinski definition) is 1. The zero-order chi connectivity index (χ0) is 13.3. The molecule has 1 atom stereocenters. The van der Waals surface area contributed by atoms with Gasteiger partial charge in [-0.1, -0.05) is 17.7 Å². The molecule has 1 heterocycles. The molecule has 0 aliphatic carbocycles. The lowest BCUT2D eigenvalue weighted by Crippen LogP contribution is -2.19. The molecule has 2 rings (SSSR count). The van der Waals surface area contributed by atoms with Crippen LogP contribution in [0, 0.1) is 6.92 Å². The van der Waals surface area contributed by atoms with Gasteiger partial charge >= 0.3 is 5.97 Å². The SMILES string of the molecule is Cc1c(Cl)ccc2c1N(C)CCCC2CC(=O)O. The van der Waals surface area contributed by atoms with E-state index in [0.717, 1.165) is 41.2 Å². The van der Waals surface area contributed by atoms with Gasteiger partial charge in [0.25, 0.3) is 0 Å². The second-order valence-electron chi connectivity index (χ2n) is 4.97. The molecule has 0 radical (unpaired) electrons. The first-order valence-corrected chi connectivity index (χ1v) is 6.60. The Bertz CT molecular complexity index is 473. The van der Waals surface area contributed by atoms with Gasteiger partial charge in [-0.2, -0.15) is 0 Å². The molecule has 1 aliphatic heterocycles. The van der Waals surface area contributed by atoms with Crippen LogP contribution < -0.4 is 4.90 Å². The topological polar surface area (TPSA) is 40.5 Å². The van der Waals surface area contributed by atoms with Crippen molar-refractivity contribution in [1.82, 2.24) is 0 Å². The number of fused-ring (bicyclic) bond motifs is 1. The molecule has 1 N–H and O–H groups in total.